The molecule has 0 bridgehead atoms. The summed E-state index contributed by atoms with van der Waals surface area (Å²) < 4.78 is 1.68. The molecule has 4 N–H and O–H groups in total. The van der Waals surface area contributed by atoms with E-state index in [1.165, 1.54) is 0 Å². The number of hydrogen-bond donors (Lipinski definition) is 4. The van der Waals surface area contributed by atoms with E-state index in [1.807, 2.05) is 20.2 Å². The van der Waals surface area contributed by atoms with Crippen molar-refractivity contribution in [2.45, 2.75) is 13.0 Å². The van der Waals surface area contributed by atoms with E-state index >= 15 is 0 Å². The quantitative estimate of drug-likeness (QED) is 0.481. The van der Waals surface area contributed by atoms with Crippen LogP contribution in [0.1, 0.15) is 15.9 Å². The summed E-state index contributed by atoms with van der Waals surface area (Å²) in [5.41, 5.74) is 3.74. The predicted octanol–water partition coefficient (Wildman–Crippen LogP) is 1.01. The van der Waals surface area contributed by atoms with Gasteiger partial charge in [0.2, 0.25) is 5.95 Å². The number of aliphatic hydroxyl groups is 2. The average molecular weight is 382 g/mol. The van der Waals surface area contributed by atoms with Crippen LogP contribution in [0.15, 0.2) is 42.9 Å². The maximum absolute atomic E-state index is 12.1. The van der Waals surface area contributed by atoms with Crippen molar-refractivity contribution in [3.8, 4) is 11.3 Å². The third-order valence-electron chi connectivity index (χ3n) is 4.06. The second-order valence-electron chi connectivity index (χ2n) is 6.38. The van der Waals surface area contributed by atoms with Gasteiger partial charge in [-0.1, -0.05) is 12.1 Å². The standard InChI is InChI=1S/C19H22N6O3/c1-12-7-21-19(23-15-8-22-25(2)10-15)24-17(12)13-3-5-14(6-4-13)18(28)20-9-16(27)11-26/h3-8,10,16,26-27H,9,11H2,1-2H3,(H,20,28)(H,21,23,24). The Kier molecular flexibility index (Phi) is 5.97. The zero-order chi connectivity index (χ0) is 20.1. The van der Waals surface area contributed by atoms with Gasteiger partial charge in [0.05, 0.1) is 30.3 Å². The summed E-state index contributed by atoms with van der Waals surface area (Å²) >= 11 is 0. The lowest BCUT2D eigenvalue weighted by Crippen LogP contribution is -2.33. The first-order valence-electron chi connectivity index (χ1n) is 8.73. The molecular formula is C19H22N6O3. The number of aryl methyl sites for hydroxylation is 2. The molecule has 1 unspecified atom stereocenters. The van der Waals surface area contributed by atoms with E-state index < -0.39 is 12.7 Å². The monoisotopic (exact) mass is 382 g/mol. The second-order valence-corrected chi connectivity index (χ2v) is 6.38. The normalized spacial score (nSPS) is 11.9. The molecule has 1 atom stereocenters. The van der Waals surface area contributed by atoms with Crippen LogP contribution in [0.3, 0.4) is 0 Å². The van der Waals surface area contributed by atoms with Crippen LogP contribution in [-0.2, 0) is 7.05 Å². The molecule has 0 radical (unpaired) electrons. The lowest BCUT2D eigenvalue weighted by Gasteiger charge is -2.10. The Morgan fingerprint density at radius 2 is 2.00 bits per heavy atom. The summed E-state index contributed by atoms with van der Waals surface area (Å²) in [6.07, 6.45) is 4.27. The first kappa shape index (κ1) is 19.5. The number of nitrogens with zero attached hydrogens (tertiary/aromatic N) is 4. The molecule has 2 aromatic heterocycles. The molecule has 2 heterocycles. The highest BCUT2D eigenvalue weighted by Gasteiger charge is 2.11. The number of rotatable bonds is 7. The number of amides is 1. The van der Waals surface area contributed by atoms with E-state index in [-0.39, 0.29) is 12.5 Å². The van der Waals surface area contributed by atoms with Crippen LogP contribution in [0.5, 0.6) is 0 Å². The molecule has 0 saturated carbocycles. The molecule has 0 saturated heterocycles. The maximum Gasteiger partial charge on any atom is 0.251 e. The van der Waals surface area contributed by atoms with E-state index in [2.05, 4.69) is 25.7 Å². The summed E-state index contributed by atoms with van der Waals surface area (Å²) in [4.78, 5) is 21.0. The van der Waals surface area contributed by atoms with Crippen LogP contribution in [0.4, 0.5) is 11.6 Å². The summed E-state index contributed by atoms with van der Waals surface area (Å²) in [6.45, 7) is 1.51. The van der Waals surface area contributed by atoms with E-state index in [9.17, 15) is 9.90 Å². The number of carbonyl (C=O) groups excluding carboxylic acids is 1. The molecule has 3 aromatic rings. The van der Waals surface area contributed by atoms with Crippen LogP contribution in [0.2, 0.25) is 0 Å². The minimum Gasteiger partial charge on any atom is -0.394 e. The van der Waals surface area contributed by atoms with Crippen LogP contribution >= 0.6 is 0 Å². The van der Waals surface area contributed by atoms with Gasteiger partial charge in [-0.05, 0) is 24.6 Å². The number of carbonyl (C=O) groups is 1. The second kappa shape index (κ2) is 8.59. The zero-order valence-corrected chi connectivity index (χ0v) is 15.6. The Labute approximate surface area is 162 Å². The largest absolute Gasteiger partial charge is 0.394 e. The molecule has 1 amide bonds. The molecule has 3 rings (SSSR count). The van der Waals surface area contributed by atoms with Crippen molar-refractivity contribution in [1.29, 1.82) is 0 Å². The Morgan fingerprint density at radius 3 is 2.64 bits per heavy atom. The molecular weight excluding hydrogens is 360 g/mol. The summed E-state index contributed by atoms with van der Waals surface area (Å²) in [5, 5.41) is 27.9. The van der Waals surface area contributed by atoms with E-state index in [0.29, 0.717) is 11.5 Å². The van der Waals surface area contributed by atoms with E-state index in [0.717, 1.165) is 22.5 Å². The number of nitrogens with one attached hydrogen (secondary N) is 2. The predicted molar refractivity (Wildman–Crippen MR) is 104 cm³/mol. The topological polar surface area (TPSA) is 125 Å². The van der Waals surface area contributed by atoms with Crippen molar-refractivity contribution in [3.63, 3.8) is 0 Å². The minimum absolute atomic E-state index is 0.00846. The van der Waals surface area contributed by atoms with Gasteiger partial charge in [-0.3, -0.25) is 9.48 Å². The van der Waals surface area contributed by atoms with E-state index in [1.54, 1.807) is 41.3 Å². The van der Waals surface area contributed by atoms with Crippen molar-refractivity contribution >= 4 is 17.5 Å². The van der Waals surface area contributed by atoms with Crippen LogP contribution in [-0.4, -0.2) is 55.1 Å². The summed E-state index contributed by atoms with van der Waals surface area (Å²) in [5.74, 6) is 0.130. The number of hydrogen-bond acceptors (Lipinski definition) is 7. The Bertz CT molecular complexity index is 955. The highest BCUT2D eigenvalue weighted by molar-refractivity contribution is 5.94. The van der Waals surface area contributed by atoms with Crippen LogP contribution in [0.25, 0.3) is 11.3 Å². The molecule has 0 aliphatic rings. The van der Waals surface area contributed by atoms with Crippen molar-refractivity contribution in [3.05, 3.63) is 54.0 Å². The number of aliphatic hydroxyl groups excluding tert-OH is 2. The van der Waals surface area contributed by atoms with Crippen molar-refractivity contribution in [2.75, 3.05) is 18.5 Å². The van der Waals surface area contributed by atoms with Crippen molar-refractivity contribution < 1.29 is 15.0 Å². The molecule has 0 spiro atoms. The number of anilines is 2. The average Bonchev–Trinajstić information content (AvgIpc) is 3.12. The number of benzene rings is 1. The fourth-order valence-corrected chi connectivity index (χ4v) is 2.57. The van der Waals surface area contributed by atoms with Gasteiger partial charge in [-0.25, -0.2) is 9.97 Å². The third kappa shape index (κ3) is 4.70. The SMILES string of the molecule is Cc1cnc(Nc2cnn(C)c2)nc1-c1ccc(C(=O)NCC(O)CO)cc1. The fraction of sp³-hybridized carbons (Fsp3) is 0.263. The van der Waals surface area contributed by atoms with Gasteiger partial charge in [0, 0.05) is 37.1 Å². The Hall–Kier alpha value is -3.30. The van der Waals surface area contributed by atoms with Gasteiger partial charge in [0.1, 0.15) is 0 Å². The third-order valence-corrected chi connectivity index (χ3v) is 4.06. The summed E-state index contributed by atoms with van der Waals surface area (Å²) in [6, 6.07) is 6.98. The van der Waals surface area contributed by atoms with E-state index in [4.69, 9.17) is 5.11 Å². The van der Waals surface area contributed by atoms with Crippen LogP contribution < -0.4 is 10.6 Å². The van der Waals surface area contributed by atoms with Crippen molar-refractivity contribution in [2.24, 2.45) is 7.05 Å². The van der Waals surface area contributed by atoms with Gasteiger partial charge in [0.25, 0.3) is 5.91 Å². The molecule has 0 aliphatic carbocycles. The Balaban J connectivity index is 1.75. The number of aromatic nitrogens is 4. The highest BCUT2D eigenvalue weighted by atomic mass is 16.3. The lowest BCUT2D eigenvalue weighted by molar-refractivity contribution is 0.0802. The van der Waals surface area contributed by atoms with Gasteiger partial charge < -0.3 is 20.8 Å². The first-order chi connectivity index (χ1) is 13.5. The zero-order valence-electron chi connectivity index (χ0n) is 15.6. The van der Waals surface area contributed by atoms with Gasteiger partial charge in [0.15, 0.2) is 0 Å². The van der Waals surface area contributed by atoms with Crippen LogP contribution in [0, 0.1) is 6.92 Å². The summed E-state index contributed by atoms with van der Waals surface area (Å²) in [7, 11) is 1.83. The molecule has 0 aliphatic heterocycles. The fourth-order valence-electron chi connectivity index (χ4n) is 2.57. The molecule has 28 heavy (non-hydrogen) atoms. The molecule has 9 heteroatoms. The minimum atomic E-state index is -0.974. The maximum atomic E-state index is 12.1. The smallest absolute Gasteiger partial charge is 0.251 e. The molecule has 0 fully saturated rings. The Morgan fingerprint density at radius 1 is 1.25 bits per heavy atom. The lowest BCUT2D eigenvalue weighted by atomic mass is 10.1. The van der Waals surface area contributed by atoms with Gasteiger partial charge in [-0.15, -0.1) is 0 Å². The van der Waals surface area contributed by atoms with Gasteiger partial charge in [-0.2, -0.15) is 5.10 Å². The highest BCUT2D eigenvalue weighted by Crippen LogP contribution is 2.23. The van der Waals surface area contributed by atoms with Crippen molar-refractivity contribution in [1.82, 2.24) is 25.1 Å². The molecule has 146 valence electrons. The molecule has 1 aromatic carbocycles. The van der Waals surface area contributed by atoms with Gasteiger partial charge >= 0.3 is 0 Å². The first-order valence-corrected chi connectivity index (χ1v) is 8.73. The molecule has 9 nitrogen and oxygen atoms in total.